The van der Waals surface area contributed by atoms with Crippen molar-refractivity contribution in [3.63, 3.8) is 0 Å². The van der Waals surface area contributed by atoms with Gasteiger partial charge in [-0.15, -0.1) is 0 Å². The van der Waals surface area contributed by atoms with E-state index in [1.165, 1.54) is 12.1 Å². The fraction of sp³-hybridized carbons (Fsp3) is 0.240. The van der Waals surface area contributed by atoms with E-state index in [1.54, 1.807) is 47.4 Å². The summed E-state index contributed by atoms with van der Waals surface area (Å²) >= 11 is 0. The lowest BCUT2D eigenvalue weighted by Crippen LogP contribution is -2.48. The second kappa shape index (κ2) is 9.36. The molecule has 1 amide bonds. The van der Waals surface area contributed by atoms with E-state index < -0.39 is 10.0 Å². The maximum Gasteiger partial charge on any atom is 0.261 e. The number of anilines is 1. The molecule has 0 spiro atoms. The zero-order valence-electron chi connectivity index (χ0n) is 18.5. The highest BCUT2D eigenvalue weighted by Gasteiger charge is 2.26. The van der Waals surface area contributed by atoms with Gasteiger partial charge >= 0.3 is 0 Å². The summed E-state index contributed by atoms with van der Waals surface area (Å²) in [7, 11) is -3.80. The molecule has 3 aromatic rings. The Bertz CT molecular complexity index is 1290. The number of benzene rings is 3. The fourth-order valence-corrected chi connectivity index (χ4v) is 5.24. The van der Waals surface area contributed by atoms with Gasteiger partial charge in [0.05, 0.1) is 16.1 Å². The highest BCUT2D eigenvalue weighted by molar-refractivity contribution is 7.92. The zero-order chi connectivity index (χ0) is 23.5. The number of carbonyl (C=O) groups excluding carboxylic acids is 1. The summed E-state index contributed by atoms with van der Waals surface area (Å²) < 4.78 is 39.0. The summed E-state index contributed by atoms with van der Waals surface area (Å²) in [6.07, 6.45) is 0. The Morgan fingerprint density at radius 2 is 1.56 bits per heavy atom. The maximum absolute atomic E-state index is 13.3. The average Bonchev–Trinajstić information content (AvgIpc) is 3.33. The molecule has 0 saturated carbocycles. The van der Waals surface area contributed by atoms with Gasteiger partial charge < -0.3 is 14.4 Å². The van der Waals surface area contributed by atoms with Gasteiger partial charge in [-0.2, -0.15) is 0 Å². The van der Waals surface area contributed by atoms with Crippen LogP contribution < -0.4 is 14.2 Å². The van der Waals surface area contributed by atoms with Crippen molar-refractivity contribution >= 4 is 21.6 Å². The number of hydrogen-bond donors (Lipinski definition) is 1. The highest BCUT2D eigenvalue weighted by atomic mass is 32.2. The van der Waals surface area contributed by atoms with Crippen molar-refractivity contribution in [2.45, 2.75) is 11.4 Å². The molecule has 8 nitrogen and oxygen atoms in total. The van der Waals surface area contributed by atoms with E-state index in [-0.39, 0.29) is 23.3 Å². The molecule has 3 aromatic carbocycles. The Balaban J connectivity index is 1.24. The number of carbonyl (C=O) groups is 1. The van der Waals surface area contributed by atoms with Gasteiger partial charge in [0.25, 0.3) is 15.9 Å². The van der Waals surface area contributed by atoms with Crippen LogP contribution in [0.5, 0.6) is 11.5 Å². The van der Waals surface area contributed by atoms with E-state index >= 15 is 0 Å². The first-order chi connectivity index (χ1) is 16.5. The third kappa shape index (κ3) is 4.71. The topological polar surface area (TPSA) is 88.2 Å². The number of sulfonamides is 1. The van der Waals surface area contributed by atoms with Crippen LogP contribution >= 0.6 is 0 Å². The van der Waals surface area contributed by atoms with Crippen LogP contribution in [0.2, 0.25) is 0 Å². The monoisotopic (exact) mass is 479 g/mol. The Labute approximate surface area is 198 Å². The predicted molar refractivity (Wildman–Crippen MR) is 127 cm³/mol. The van der Waals surface area contributed by atoms with Gasteiger partial charge in [0.2, 0.25) is 6.79 Å². The van der Waals surface area contributed by atoms with E-state index in [1.807, 2.05) is 18.2 Å². The zero-order valence-corrected chi connectivity index (χ0v) is 19.3. The summed E-state index contributed by atoms with van der Waals surface area (Å²) in [5.74, 6) is 1.34. The van der Waals surface area contributed by atoms with Crippen LogP contribution in [0, 0.1) is 0 Å². The van der Waals surface area contributed by atoms with Gasteiger partial charge in [-0.05, 0) is 42.0 Å². The summed E-state index contributed by atoms with van der Waals surface area (Å²) in [6, 6.07) is 20.8. The number of hydrogen-bond acceptors (Lipinski definition) is 6. The Morgan fingerprint density at radius 1 is 0.853 bits per heavy atom. The van der Waals surface area contributed by atoms with Crippen LogP contribution in [0.1, 0.15) is 15.9 Å². The lowest BCUT2D eigenvalue weighted by atomic mass is 10.1. The molecule has 0 aromatic heterocycles. The number of nitrogens with zero attached hydrogens (tertiary/aromatic N) is 2. The van der Waals surface area contributed by atoms with E-state index in [0.29, 0.717) is 18.7 Å². The normalized spacial score (nSPS) is 15.8. The molecule has 0 unspecified atom stereocenters. The quantitative estimate of drug-likeness (QED) is 0.584. The SMILES string of the molecule is O=C(c1ccccc1NS(=O)(=O)c1ccccc1)N1CCN(Cc2ccc3c(c2)OCO3)CC1. The lowest BCUT2D eigenvalue weighted by Gasteiger charge is -2.35. The molecule has 1 N–H and O–H groups in total. The first kappa shape index (κ1) is 22.2. The molecular formula is C25H25N3O5S. The Hall–Kier alpha value is -3.56. The molecule has 0 bridgehead atoms. The molecule has 5 rings (SSSR count). The number of rotatable bonds is 6. The van der Waals surface area contributed by atoms with Crippen molar-refractivity contribution < 1.29 is 22.7 Å². The van der Waals surface area contributed by atoms with Crippen molar-refractivity contribution in [3.8, 4) is 11.5 Å². The molecule has 0 radical (unpaired) electrons. The van der Waals surface area contributed by atoms with Crippen molar-refractivity contribution in [1.82, 2.24) is 9.80 Å². The van der Waals surface area contributed by atoms with Crippen LogP contribution in [0.3, 0.4) is 0 Å². The molecule has 9 heteroatoms. The van der Waals surface area contributed by atoms with Gasteiger partial charge in [0.1, 0.15) is 0 Å². The summed E-state index contributed by atoms with van der Waals surface area (Å²) in [5, 5.41) is 0. The average molecular weight is 480 g/mol. The van der Waals surface area contributed by atoms with Crippen molar-refractivity contribution in [3.05, 3.63) is 83.9 Å². The predicted octanol–water partition coefficient (Wildman–Crippen LogP) is 3.17. The number of ether oxygens (including phenoxy) is 2. The van der Waals surface area contributed by atoms with E-state index in [4.69, 9.17) is 9.47 Å². The second-order valence-electron chi connectivity index (χ2n) is 8.22. The largest absolute Gasteiger partial charge is 0.454 e. The first-order valence-corrected chi connectivity index (χ1v) is 12.5. The number of piperazine rings is 1. The molecule has 34 heavy (non-hydrogen) atoms. The summed E-state index contributed by atoms with van der Waals surface area (Å²) in [6.45, 7) is 3.57. The summed E-state index contributed by atoms with van der Waals surface area (Å²) in [5.41, 5.74) is 1.75. The molecule has 2 heterocycles. The smallest absolute Gasteiger partial charge is 0.261 e. The van der Waals surface area contributed by atoms with Crippen LogP contribution in [-0.4, -0.2) is 57.1 Å². The minimum absolute atomic E-state index is 0.148. The standard InChI is InChI=1S/C25H25N3O5S/c29-25(21-8-4-5-9-22(21)26-34(30,31)20-6-2-1-3-7-20)28-14-12-27(13-15-28)17-19-10-11-23-24(16-19)33-18-32-23/h1-11,16,26H,12-15,17-18H2. The van der Waals surface area contributed by atoms with Crippen molar-refractivity contribution in [2.24, 2.45) is 0 Å². The molecule has 1 fully saturated rings. The molecule has 0 atom stereocenters. The van der Waals surface area contributed by atoms with Crippen LogP contribution in [0.4, 0.5) is 5.69 Å². The number of para-hydroxylation sites is 1. The van der Waals surface area contributed by atoms with Gasteiger partial charge in [-0.3, -0.25) is 14.4 Å². The van der Waals surface area contributed by atoms with Crippen LogP contribution in [0.15, 0.2) is 77.7 Å². The lowest BCUT2D eigenvalue weighted by molar-refractivity contribution is 0.0629. The minimum Gasteiger partial charge on any atom is -0.454 e. The third-order valence-electron chi connectivity index (χ3n) is 5.96. The van der Waals surface area contributed by atoms with Gasteiger partial charge in [-0.1, -0.05) is 36.4 Å². The van der Waals surface area contributed by atoms with E-state index in [2.05, 4.69) is 9.62 Å². The number of fused-ring (bicyclic) bond motifs is 1. The van der Waals surface area contributed by atoms with Gasteiger partial charge in [0, 0.05) is 32.7 Å². The second-order valence-corrected chi connectivity index (χ2v) is 9.90. The molecule has 0 aliphatic carbocycles. The third-order valence-corrected chi connectivity index (χ3v) is 7.34. The van der Waals surface area contributed by atoms with Gasteiger partial charge in [0.15, 0.2) is 11.5 Å². The minimum atomic E-state index is -3.80. The van der Waals surface area contributed by atoms with Crippen molar-refractivity contribution in [2.75, 3.05) is 37.7 Å². The van der Waals surface area contributed by atoms with Crippen molar-refractivity contribution in [1.29, 1.82) is 0 Å². The Morgan fingerprint density at radius 3 is 2.35 bits per heavy atom. The molecule has 176 valence electrons. The molecule has 2 aliphatic heterocycles. The van der Waals surface area contributed by atoms with Gasteiger partial charge in [-0.25, -0.2) is 8.42 Å². The Kier molecular flexibility index (Phi) is 6.12. The highest BCUT2D eigenvalue weighted by Crippen LogP contribution is 2.33. The van der Waals surface area contributed by atoms with Crippen LogP contribution in [-0.2, 0) is 16.6 Å². The van der Waals surface area contributed by atoms with E-state index in [0.717, 1.165) is 36.7 Å². The summed E-state index contributed by atoms with van der Waals surface area (Å²) in [4.78, 5) is 17.5. The molecule has 1 saturated heterocycles. The fourth-order valence-electron chi connectivity index (χ4n) is 4.14. The molecular weight excluding hydrogens is 454 g/mol. The number of amides is 1. The van der Waals surface area contributed by atoms with E-state index in [9.17, 15) is 13.2 Å². The first-order valence-electron chi connectivity index (χ1n) is 11.1. The number of nitrogens with one attached hydrogen (secondary N) is 1. The maximum atomic E-state index is 13.3. The van der Waals surface area contributed by atoms with Crippen LogP contribution in [0.25, 0.3) is 0 Å². The molecule has 2 aliphatic rings.